The fraction of sp³-hybridized carbons (Fsp3) is 0.500. The van der Waals surface area contributed by atoms with Crippen LogP contribution in [0.4, 0.5) is 10.3 Å². The molecule has 1 heterocycles. The molecule has 0 spiro atoms. The van der Waals surface area contributed by atoms with Crippen molar-refractivity contribution >= 4 is 5.95 Å². The molecule has 2 aromatic rings. The Labute approximate surface area is 131 Å². The maximum atomic E-state index is 13.9. The molecule has 0 bridgehead atoms. The normalized spacial score (nSPS) is 22.8. The summed E-state index contributed by atoms with van der Waals surface area (Å²) in [5, 5.41) is 0. The van der Waals surface area contributed by atoms with Crippen LogP contribution in [0.5, 0.6) is 0 Å². The smallest absolute Gasteiger partial charge is 0.197 e. The number of H-pyrrole nitrogens is 1. The monoisotopic (exact) mass is 301 g/mol. The standard InChI is InChI=1S/C18H24FN3/c1-5-6-11-9-12(7-8-13(11)19)14-15(18(14,3)4)16-10(2)21-17(20)22-16/h7-9,14-15H,5-6H2,1-4H3,(H3,20,21,22). The molecule has 1 aliphatic carbocycles. The van der Waals surface area contributed by atoms with E-state index in [1.165, 1.54) is 5.56 Å². The maximum absolute atomic E-state index is 13.9. The van der Waals surface area contributed by atoms with Crippen molar-refractivity contribution < 1.29 is 4.39 Å². The fourth-order valence-corrected chi connectivity index (χ4v) is 3.82. The van der Waals surface area contributed by atoms with Gasteiger partial charge in [0.05, 0.1) is 5.69 Å². The number of rotatable bonds is 4. The number of anilines is 1. The second kappa shape index (κ2) is 5.11. The second-order valence-corrected chi connectivity index (χ2v) is 7.01. The van der Waals surface area contributed by atoms with E-state index >= 15 is 0 Å². The molecule has 4 heteroatoms. The average Bonchev–Trinajstić information content (AvgIpc) is 2.84. The first-order chi connectivity index (χ1) is 10.4. The Morgan fingerprint density at radius 3 is 2.64 bits per heavy atom. The molecule has 0 radical (unpaired) electrons. The van der Waals surface area contributed by atoms with Crippen molar-refractivity contribution in [3.63, 3.8) is 0 Å². The van der Waals surface area contributed by atoms with E-state index in [1.807, 2.05) is 19.1 Å². The van der Waals surface area contributed by atoms with Crippen LogP contribution in [0.3, 0.4) is 0 Å². The Morgan fingerprint density at radius 1 is 1.32 bits per heavy atom. The molecule has 1 fully saturated rings. The number of benzene rings is 1. The van der Waals surface area contributed by atoms with E-state index in [4.69, 9.17) is 5.73 Å². The molecule has 2 unspecified atom stereocenters. The largest absolute Gasteiger partial charge is 0.369 e. The van der Waals surface area contributed by atoms with E-state index in [0.717, 1.165) is 29.8 Å². The van der Waals surface area contributed by atoms with Crippen molar-refractivity contribution in [3.8, 4) is 0 Å². The predicted molar refractivity (Wildman–Crippen MR) is 87.4 cm³/mol. The van der Waals surface area contributed by atoms with Gasteiger partial charge >= 0.3 is 0 Å². The molecule has 3 nitrogen and oxygen atoms in total. The quantitative estimate of drug-likeness (QED) is 0.884. The number of aromatic nitrogens is 2. The first-order valence-electron chi connectivity index (χ1n) is 7.96. The van der Waals surface area contributed by atoms with Gasteiger partial charge in [0.1, 0.15) is 5.82 Å². The molecule has 0 saturated heterocycles. The molecule has 1 aromatic carbocycles. The molecule has 1 saturated carbocycles. The number of halogens is 1. The number of aryl methyl sites for hydroxylation is 2. The molecule has 1 aromatic heterocycles. The molecule has 3 rings (SSSR count). The predicted octanol–water partition coefficient (Wildman–Crippen LogP) is 4.30. The lowest BCUT2D eigenvalue weighted by Gasteiger charge is -2.07. The molecule has 2 atom stereocenters. The van der Waals surface area contributed by atoms with Gasteiger partial charge in [0.15, 0.2) is 5.95 Å². The lowest BCUT2D eigenvalue weighted by Crippen LogP contribution is -1.95. The zero-order valence-corrected chi connectivity index (χ0v) is 13.7. The second-order valence-electron chi connectivity index (χ2n) is 7.01. The van der Waals surface area contributed by atoms with E-state index in [1.54, 1.807) is 6.07 Å². The van der Waals surface area contributed by atoms with Gasteiger partial charge < -0.3 is 10.7 Å². The highest BCUT2D eigenvalue weighted by Crippen LogP contribution is 2.70. The highest BCUT2D eigenvalue weighted by molar-refractivity contribution is 5.44. The minimum Gasteiger partial charge on any atom is -0.369 e. The topological polar surface area (TPSA) is 54.7 Å². The van der Waals surface area contributed by atoms with Crippen LogP contribution >= 0.6 is 0 Å². The highest BCUT2D eigenvalue weighted by Gasteiger charge is 2.60. The Kier molecular flexibility index (Phi) is 3.50. The van der Waals surface area contributed by atoms with Crippen molar-refractivity contribution in [1.29, 1.82) is 0 Å². The van der Waals surface area contributed by atoms with Gasteiger partial charge in [0, 0.05) is 11.6 Å². The number of nitrogens with two attached hydrogens (primary N) is 1. The molecule has 0 aliphatic heterocycles. The van der Waals surface area contributed by atoms with E-state index in [9.17, 15) is 4.39 Å². The number of hydrogen-bond donors (Lipinski definition) is 2. The first kappa shape index (κ1) is 15.1. The van der Waals surface area contributed by atoms with Crippen molar-refractivity contribution in [1.82, 2.24) is 9.97 Å². The van der Waals surface area contributed by atoms with Gasteiger partial charge in [-0.3, -0.25) is 0 Å². The Morgan fingerprint density at radius 2 is 2.05 bits per heavy atom. The third kappa shape index (κ3) is 2.31. The van der Waals surface area contributed by atoms with Gasteiger partial charge in [0.2, 0.25) is 0 Å². The average molecular weight is 301 g/mol. The number of nitrogens with one attached hydrogen (secondary N) is 1. The van der Waals surface area contributed by atoms with Crippen LogP contribution in [0.15, 0.2) is 18.2 Å². The molecule has 22 heavy (non-hydrogen) atoms. The summed E-state index contributed by atoms with van der Waals surface area (Å²) < 4.78 is 13.9. The molecule has 3 N–H and O–H groups in total. The van der Waals surface area contributed by atoms with Crippen LogP contribution in [0.25, 0.3) is 0 Å². The van der Waals surface area contributed by atoms with Crippen LogP contribution < -0.4 is 5.73 Å². The van der Waals surface area contributed by atoms with Crippen LogP contribution in [-0.4, -0.2) is 9.97 Å². The molecule has 118 valence electrons. The zero-order valence-electron chi connectivity index (χ0n) is 13.7. The van der Waals surface area contributed by atoms with Crippen molar-refractivity contribution in [2.75, 3.05) is 5.73 Å². The Hall–Kier alpha value is -1.84. The van der Waals surface area contributed by atoms with Gasteiger partial charge in [-0.2, -0.15) is 0 Å². The SMILES string of the molecule is CCCc1cc(C2C(c3nc(N)[nH]c3C)C2(C)C)ccc1F. The fourth-order valence-electron chi connectivity index (χ4n) is 3.82. The van der Waals surface area contributed by atoms with E-state index in [0.29, 0.717) is 17.8 Å². The summed E-state index contributed by atoms with van der Waals surface area (Å²) in [6.45, 7) is 8.58. The summed E-state index contributed by atoms with van der Waals surface area (Å²) in [4.78, 5) is 7.55. The van der Waals surface area contributed by atoms with E-state index in [2.05, 4.69) is 30.7 Å². The summed E-state index contributed by atoms with van der Waals surface area (Å²) in [6, 6.07) is 5.57. The number of hydrogen-bond acceptors (Lipinski definition) is 2. The van der Waals surface area contributed by atoms with Gasteiger partial charge in [0.25, 0.3) is 0 Å². The summed E-state index contributed by atoms with van der Waals surface area (Å²) in [5.41, 5.74) is 10.0. The molecular weight excluding hydrogens is 277 g/mol. The van der Waals surface area contributed by atoms with E-state index in [-0.39, 0.29) is 11.2 Å². The van der Waals surface area contributed by atoms with Crippen molar-refractivity contribution in [3.05, 3.63) is 46.5 Å². The molecule has 0 amide bonds. The number of aromatic amines is 1. The third-order valence-corrected chi connectivity index (χ3v) is 5.01. The minimum atomic E-state index is -0.0965. The van der Waals surface area contributed by atoms with Crippen molar-refractivity contribution in [2.24, 2.45) is 5.41 Å². The third-order valence-electron chi connectivity index (χ3n) is 5.01. The van der Waals surface area contributed by atoms with E-state index < -0.39 is 0 Å². The van der Waals surface area contributed by atoms with Crippen LogP contribution in [0, 0.1) is 18.2 Å². The summed E-state index contributed by atoms with van der Waals surface area (Å²) in [6.07, 6.45) is 1.73. The zero-order chi connectivity index (χ0) is 16.1. The van der Waals surface area contributed by atoms with Gasteiger partial charge in [-0.15, -0.1) is 0 Å². The van der Waals surface area contributed by atoms with Crippen molar-refractivity contribution in [2.45, 2.75) is 52.4 Å². The van der Waals surface area contributed by atoms with Crippen LogP contribution in [0.1, 0.15) is 61.5 Å². The summed E-state index contributed by atoms with van der Waals surface area (Å²) in [5.74, 6) is 1.08. The van der Waals surface area contributed by atoms with Crippen LogP contribution in [-0.2, 0) is 6.42 Å². The van der Waals surface area contributed by atoms with Gasteiger partial charge in [-0.25, -0.2) is 9.37 Å². The maximum Gasteiger partial charge on any atom is 0.197 e. The highest BCUT2D eigenvalue weighted by atomic mass is 19.1. The molecular formula is C18H24FN3. The number of nitrogens with zero attached hydrogens (tertiary/aromatic N) is 1. The number of imidazole rings is 1. The Bertz CT molecular complexity index is 702. The molecule has 1 aliphatic rings. The number of nitrogen functional groups attached to an aromatic ring is 1. The summed E-state index contributed by atoms with van der Waals surface area (Å²) in [7, 11) is 0. The lowest BCUT2D eigenvalue weighted by molar-refractivity contribution is 0.592. The lowest BCUT2D eigenvalue weighted by atomic mass is 9.99. The van der Waals surface area contributed by atoms with Gasteiger partial charge in [-0.1, -0.05) is 39.3 Å². The minimum absolute atomic E-state index is 0.0965. The van der Waals surface area contributed by atoms with Crippen LogP contribution in [0.2, 0.25) is 0 Å². The van der Waals surface area contributed by atoms with Gasteiger partial charge in [-0.05, 0) is 41.9 Å². The first-order valence-corrected chi connectivity index (χ1v) is 7.96. The Balaban J connectivity index is 1.95. The summed E-state index contributed by atoms with van der Waals surface area (Å²) >= 11 is 0.